The highest BCUT2D eigenvalue weighted by Gasteiger charge is 2.56. The summed E-state index contributed by atoms with van der Waals surface area (Å²) >= 11 is 0. The van der Waals surface area contributed by atoms with Crippen LogP contribution in [0.2, 0.25) is 0 Å². The van der Waals surface area contributed by atoms with Gasteiger partial charge in [-0.05, 0) is 37.7 Å². The fraction of sp³-hybridized carbons (Fsp3) is 0.600. The quantitative estimate of drug-likeness (QED) is 0.746. The summed E-state index contributed by atoms with van der Waals surface area (Å²) in [6, 6.07) is 2.22. The van der Waals surface area contributed by atoms with Crippen LogP contribution in [0.15, 0.2) is 18.5 Å². The van der Waals surface area contributed by atoms with Gasteiger partial charge < -0.3 is 10.6 Å². The number of carbonyl (C=O) groups excluding carboxylic acids is 1. The Morgan fingerprint density at radius 3 is 2.78 bits per heavy atom. The molecule has 2 aliphatic rings. The summed E-state index contributed by atoms with van der Waals surface area (Å²) in [5.74, 6) is 2.67. The van der Waals surface area contributed by atoms with Crippen molar-refractivity contribution >= 4 is 15.7 Å². The van der Waals surface area contributed by atoms with Crippen LogP contribution in [0.5, 0.6) is 0 Å². The second kappa shape index (κ2) is 7.61. The summed E-state index contributed by atoms with van der Waals surface area (Å²) in [4.78, 5) is 16.2. The first kappa shape index (κ1) is 19.8. The minimum Gasteiger partial charge on any atom is -0.352 e. The predicted octanol–water partition coefficient (Wildman–Crippen LogP) is 1.52. The van der Waals surface area contributed by atoms with Crippen LogP contribution in [0.25, 0.3) is 0 Å². The van der Waals surface area contributed by atoms with Crippen LogP contribution in [0.4, 0.5) is 0 Å². The summed E-state index contributed by atoms with van der Waals surface area (Å²) < 4.78 is 24.7. The molecule has 0 radical (unpaired) electrons. The fourth-order valence-corrected chi connectivity index (χ4v) is 6.81. The Balaban J connectivity index is 1.56. The number of nitrogens with one attached hydrogen (secondary N) is 2. The molecule has 7 heteroatoms. The van der Waals surface area contributed by atoms with E-state index in [1.807, 2.05) is 0 Å². The molecular formula is C20H27N3O3S. The molecule has 1 saturated heterocycles. The SMILES string of the molecule is C#Cc1cncc(C(=O)NCC2CC3(C2)CC(NC(C)C)CCS3(=O)=O)c1. The monoisotopic (exact) mass is 389 g/mol. The lowest BCUT2D eigenvalue weighted by molar-refractivity contribution is 0.0923. The summed E-state index contributed by atoms with van der Waals surface area (Å²) in [6.07, 6.45) is 10.9. The van der Waals surface area contributed by atoms with Gasteiger partial charge in [0.1, 0.15) is 0 Å². The van der Waals surface area contributed by atoms with Gasteiger partial charge in [-0.25, -0.2) is 8.42 Å². The minimum absolute atomic E-state index is 0.185. The van der Waals surface area contributed by atoms with E-state index in [4.69, 9.17) is 6.42 Å². The summed E-state index contributed by atoms with van der Waals surface area (Å²) in [5.41, 5.74) is 0.980. The van der Waals surface area contributed by atoms with Gasteiger partial charge in [-0.3, -0.25) is 9.78 Å². The molecule has 1 saturated carbocycles. The molecule has 0 aromatic carbocycles. The zero-order chi connectivity index (χ0) is 19.7. The lowest BCUT2D eigenvalue weighted by Gasteiger charge is -2.51. The molecule has 27 heavy (non-hydrogen) atoms. The first-order valence-electron chi connectivity index (χ1n) is 9.43. The second-order valence-corrected chi connectivity index (χ2v) is 10.6. The number of terminal acetylenes is 1. The van der Waals surface area contributed by atoms with Crippen molar-refractivity contribution in [1.82, 2.24) is 15.6 Å². The molecule has 1 amide bonds. The van der Waals surface area contributed by atoms with Crippen molar-refractivity contribution in [2.75, 3.05) is 12.3 Å². The van der Waals surface area contributed by atoms with Crippen molar-refractivity contribution in [2.45, 2.75) is 56.4 Å². The Bertz CT molecular complexity index is 851. The van der Waals surface area contributed by atoms with Gasteiger partial charge >= 0.3 is 0 Å². The Morgan fingerprint density at radius 2 is 2.11 bits per heavy atom. The van der Waals surface area contributed by atoms with Crippen LogP contribution in [0, 0.1) is 18.3 Å². The topological polar surface area (TPSA) is 88.2 Å². The third kappa shape index (κ3) is 4.17. The summed E-state index contributed by atoms with van der Waals surface area (Å²) in [5, 5.41) is 6.37. The number of sulfone groups is 1. The number of carbonyl (C=O) groups is 1. The molecule has 6 nitrogen and oxygen atoms in total. The number of hydrogen-bond donors (Lipinski definition) is 2. The van der Waals surface area contributed by atoms with Gasteiger partial charge in [0.25, 0.3) is 5.91 Å². The van der Waals surface area contributed by atoms with Crippen molar-refractivity contribution in [3.8, 4) is 12.3 Å². The molecule has 3 rings (SSSR count). The molecule has 2 heterocycles. The highest BCUT2D eigenvalue weighted by Crippen LogP contribution is 2.49. The maximum absolute atomic E-state index is 12.7. The number of amides is 1. The van der Waals surface area contributed by atoms with E-state index < -0.39 is 14.6 Å². The minimum atomic E-state index is -3.07. The molecule has 1 aliphatic heterocycles. The normalized spacial score (nSPS) is 29.1. The molecule has 1 atom stereocenters. The van der Waals surface area contributed by atoms with Crippen molar-refractivity contribution < 1.29 is 13.2 Å². The highest BCUT2D eigenvalue weighted by atomic mass is 32.2. The second-order valence-electron chi connectivity index (χ2n) is 8.10. The first-order valence-corrected chi connectivity index (χ1v) is 11.1. The van der Waals surface area contributed by atoms with E-state index in [9.17, 15) is 13.2 Å². The van der Waals surface area contributed by atoms with Gasteiger partial charge in [0.15, 0.2) is 9.84 Å². The van der Waals surface area contributed by atoms with Crippen molar-refractivity contribution in [3.63, 3.8) is 0 Å². The van der Waals surface area contributed by atoms with Crippen LogP contribution in [-0.4, -0.2) is 48.4 Å². The van der Waals surface area contributed by atoms with Crippen molar-refractivity contribution in [3.05, 3.63) is 29.6 Å². The van der Waals surface area contributed by atoms with E-state index in [2.05, 4.69) is 35.4 Å². The number of aromatic nitrogens is 1. The van der Waals surface area contributed by atoms with Crippen LogP contribution in [-0.2, 0) is 9.84 Å². The van der Waals surface area contributed by atoms with Gasteiger partial charge in [0.05, 0.1) is 16.1 Å². The van der Waals surface area contributed by atoms with Gasteiger partial charge in [0, 0.05) is 36.6 Å². The average Bonchev–Trinajstić information content (AvgIpc) is 2.59. The van der Waals surface area contributed by atoms with Crippen LogP contribution in [0.1, 0.15) is 55.5 Å². The summed E-state index contributed by atoms with van der Waals surface area (Å²) in [6.45, 7) is 4.64. The lowest BCUT2D eigenvalue weighted by Crippen LogP contribution is -2.60. The van der Waals surface area contributed by atoms with E-state index in [0.29, 0.717) is 49.4 Å². The molecule has 1 aromatic heterocycles. The molecule has 2 N–H and O–H groups in total. The van der Waals surface area contributed by atoms with Gasteiger partial charge in [-0.2, -0.15) is 0 Å². The highest BCUT2D eigenvalue weighted by molar-refractivity contribution is 7.92. The largest absolute Gasteiger partial charge is 0.352 e. The third-order valence-electron chi connectivity index (χ3n) is 5.62. The van der Waals surface area contributed by atoms with Crippen LogP contribution in [0.3, 0.4) is 0 Å². The lowest BCUT2D eigenvalue weighted by atomic mass is 9.70. The van der Waals surface area contributed by atoms with Gasteiger partial charge in [0.2, 0.25) is 0 Å². The molecule has 1 spiro atoms. The molecule has 1 aliphatic carbocycles. The fourth-order valence-electron chi connectivity index (χ4n) is 4.35. The van der Waals surface area contributed by atoms with Crippen LogP contribution < -0.4 is 10.6 Å². The predicted molar refractivity (Wildman–Crippen MR) is 105 cm³/mol. The van der Waals surface area contributed by atoms with E-state index >= 15 is 0 Å². The van der Waals surface area contributed by atoms with E-state index in [-0.39, 0.29) is 23.6 Å². The maximum atomic E-state index is 12.7. The van der Waals surface area contributed by atoms with E-state index in [0.717, 1.165) is 0 Å². The number of pyridine rings is 1. The van der Waals surface area contributed by atoms with Crippen LogP contribution >= 0.6 is 0 Å². The van der Waals surface area contributed by atoms with E-state index in [1.54, 1.807) is 6.07 Å². The first-order chi connectivity index (χ1) is 12.7. The molecule has 1 aromatic rings. The Hall–Kier alpha value is -1.91. The Labute approximate surface area is 161 Å². The number of nitrogens with zero attached hydrogens (tertiary/aromatic N) is 1. The zero-order valence-corrected chi connectivity index (χ0v) is 16.7. The number of hydrogen-bond acceptors (Lipinski definition) is 5. The van der Waals surface area contributed by atoms with Gasteiger partial charge in [-0.15, -0.1) is 6.42 Å². The van der Waals surface area contributed by atoms with E-state index in [1.165, 1.54) is 12.4 Å². The van der Waals surface area contributed by atoms with Crippen molar-refractivity contribution in [1.29, 1.82) is 0 Å². The smallest absolute Gasteiger partial charge is 0.252 e. The molecule has 1 unspecified atom stereocenters. The standard InChI is InChI=1S/C20H27N3O3S/c1-4-15-7-17(13-21-11-15)19(24)22-12-16-8-20(9-16)10-18(23-14(2)3)5-6-27(20,25)26/h1,7,11,13-14,16,18,23H,5-6,8-10,12H2,2-3H3,(H,22,24). The Morgan fingerprint density at radius 1 is 1.37 bits per heavy atom. The average molecular weight is 390 g/mol. The molecule has 0 bridgehead atoms. The third-order valence-corrected chi connectivity index (χ3v) is 8.21. The van der Waals surface area contributed by atoms with Gasteiger partial charge in [-0.1, -0.05) is 19.8 Å². The Kier molecular flexibility index (Phi) is 5.59. The van der Waals surface area contributed by atoms with Crippen molar-refractivity contribution in [2.24, 2.45) is 5.92 Å². The zero-order valence-electron chi connectivity index (χ0n) is 15.9. The molecule has 146 valence electrons. The molecular weight excluding hydrogens is 362 g/mol. The molecule has 2 fully saturated rings. The number of rotatable bonds is 5. The maximum Gasteiger partial charge on any atom is 0.252 e. The summed E-state index contributed by atoms with van der Waals surface area (Å²) in [7, 11) is -3.07.